The molecule has 0 aliphatic rings. The molecule has 0 aliphatic carbocycles. The van der Waals surface area contributed by atoms with Crippen LogP contribution in [0.25, 0.3) is 22.0 Å². The first kappa shape index (κ1) is 12.8. The van der Waals surface area contributed by atoms with Gasteiger partial charge >= 0.3 is 0 Å². The predicted molar refractivity (Wildman–Crippen MR) is 81.3 cm³/mol. The third-order valence-corrected chi connectivity index (χ3v) is 3.70. The highest BCUT2D eigenvalue weighted by molar-refractivity contribution is 5.96. The molecular formula is C18H16FN. The highest BCUT2D eigenvalue weighted by atomic mass is 19.1. The number of fused-ring (bicyclic) bond motifs is 1. The van der Waals surface area contributed by atoms with Crippen molar-refractivity contribution in [3.05, 3.63) is 65.6 Å². The summed E-state index contributed by atoms with van der Waals surface area (Å²) in [5, 5.41) is 1.12. The zero-order valence-corrected chi connectivity index (χ0v) is 11.7. The van der Waals surface area contributed by atoms with E-state index in [4.69, 9.17) is 4.98 Å². The van der Waals surface area contributed by atoms with Gasteiger partial charge in [-0.3, -0.25) is 4.98 Å². The second kappa shape index (κ2) is 5.04. The van der Waals surface area contributed by atoms with Crippen molar-refractivity contribution in [2.75, 3.05) is 0 Å². The van der Waals surface area contributed by atoms with Gasteiger partial charge in [0.15, 0.2) is 0 Å². The van der Waals surface area contributed by atoms with Crippen LogP contribution in [0.4, 0.5) is 4.39 Å². The highest BCUT2D eigenvalue weighted by Crippen LogP contribution is 2.32. The van der Waals surface area contributed by atoms with Gasteiger partial charge in [0.1, 0.15) is 5.82 Å². The third kappa shape index (κ3) is 2.07. The molecule has 1 nitrogen and oxygen atoms in total. The summed E-state index contributed by atoms with van der Waals surface area (Å²) in [6.07, 6.45) is 0.894. The van der Waals surface area contributed by atoms with Crippen molar-refractivity contribution in [2.45, 2.75) is 20.3 Å². The molecule has 20 heavy (non-hydrogen) atoms. The van der Waals surface area contributed by atoms with Crippen LogP contribution < -0.4 is 0 Å². The Kier molecular flexibility index (Phi) is 3.23. The lowest BCUT2D eigenvalue weighted by Gasteiger charge is -2.14. The summed E-state index contributed by atoms with van der Waals surface area (Å²) in [7, 11) is 0. The molecule has 0 saturated carbocycles. The average molecular weight is 265 g/mol. The summed E-state index contributed by atoms with van der Waals surface area (Å²) in [6, 6.07) is 14.8. The van der Waals surface area contributed by atoms with E-state index in [9.17, 15) is 4.39 Å². The fraction of sp³-hybridized carbons (Fsp3) is 0.167. The van der Waals surface area contributed by atoms with Gasteiger partial charge in [-0.1, -0.05) is 37.3 Å². The van der Waals surface area contributed by atoms with Gasteiger partial charge in [0.05, 0.1) is 5.52 Å². The van der Waals surface area contributed by atoms with Crippen molar-refractivity contribution in [3.8, 4) is 11.1 Å². The Morgan fingerprint density at radius 2 is 1.70 bits per heavy atom. The molecule has 3 aromatic rings. The Hall–Kier alpha value is -2.22. The minimum absolute atomic E-state index is 0.208. The molecule has 0 fully saturated rings. The number of aromatic nitrogens is 1. The van der Waals surface area contributed by atoms with E-state index in [2.05, 4.69) is 19.9 Å². The summed E-state index contributed by atoms with van der Waals surface area (Å²) in [6.45, 7) is 4.20. The first-order chi connectivity index (χ1) is 9.70. The number of para-hydroxylation sites is 1. The number of pyridine rings is 1. The van der Waals surface area contributed by atoms with E-state index in [-0.39, 0.29) is 5.82 Å². The molecule has 0 spiro atoms. The van der Waals surface area contributed by atoms with E-state index in [1.54, 1.807) is 0 Å². The van der Waals surface area contributed by atoms with E-state index in [1.807, 2.05) is 30.3 Å². The van der Waals surface area contributed by atoms with Gasteiger partial charge in [0, 0.05) is 11.1 Å². The van der Waals surface area contributed by atoms with Gasteiger partial charge < -0.3 is 0 Å². The molecular weight excluding hydrogens is 249 g/mol. The van der Waals surface area contributed by atoms with Gasteiger partial charge in [-0.25, -0.2) is 4.39 Å². The van der Waals surface area contributed by atoms with Crippen LogP contribution in [0, 0.1) is 12.7 Å². The molecule has 0 unspecified atom stereocenters. The summed E-state index contributed by atoms with van der Waals surface area (Å²) in [4.78, 5) is 4.72. The van der Waals surface area contributed by atoms with Crippen LogP contribution in [0.2, 0.25) is 0 Å². The quantitative estimate of drug-likeness (QED) is 0.641. The van der Waals surface area contributed by atoms with Crippen molar-refractivity contribution in [3.63, 3.8) is 0 Å². The monoisotopic (exact) mass is 265 g/mol. The van der Waals surface area contributed by atoms with E-state index in [0.29, 0.717) is 0 Å². The van der Waals surface area contributed by atoms with E-state index in [1.165, 1.54) is 17.7 Å². The number of hydrogen-bond acceptors (Lipinski definition) is 1. The zero-order chi connectivity index (χ0) is 14.1. The van der Waals surface area contributed by atoms with Crippen LogP contribution >= 0.6 is 0 Å². The maximum absolute atomic E-state index is 13.1. The average Bonchev–Trinajstić information content (AvgIpc) is 2.48. The lowest BCUT2D eigenvalue weighted by molar-refractivity contribution is 0.628. The Morgan fingerprint density at radius 3 is 2.40 bits per heavy atom. The topological polar surface area (TPSA) is 12.9 Å². The fourth-order valence-electron chi connectivity index (χ4n) is 2.69. The first-order valence-corrected chi connectivity index (χ1v) is 6.85. The van der Waals surface area contributed by atoms with E-state index >= 15 is 0 Å². The molecule has 0 N–H and O–H groups in total. The molecule has 0 amide bonds. The van der Waals surface area contributed by atoms with Crippen molar-refractivity contribution < 1.29 is 4.39 Å². The van der Waals surface area contributed by atoms with Crippen LogP contribution in [0.1, 0.15) is 18.2 Å². The smallest absolute Gasteiger partial charge is 0.123 e. The van der Waals surface area contributed by atoms with Gasteiger partial charge in [0.25, 0.3) is 0 Å². The van der Waals surface area contributed by atoms with Gasteiger partial charge in [0.2, 0.25) is 0 Å². The Bertz CT molecular complexity index is 760. The number of aryl methyl sites for hydroxylation is 1. The molecule has 0 saturated heterocycles. The Morgan fingerprint density at radius 1 is 1.00 bits per heavy atom. The van der Waals surface area contributed by atoms with Crippen molar-refractivity contribution in [2.24, 2.45) is 0 Å². The number of hydrogen-bond donors (Lipinski definition) is 0. The molecule has 3 rings (SSSR count). The maximum atomic E-state index is 13.1. The van der Waals surface area contributed by atoms with Crippen LogP contribution in [-0.4, -0.2) is 4.98 Å². The summed E-state index contributed by atoms with van der Waals surface area (Å²) in [5.74, 6) is -0.208. The summed E-state index contributed by atoms with van der Waals surface area (Å²) >= 11 is 0. The normalized spacial score (nSPS) is 10.9. The zero-order valence-electron chi connectivity index (χ0n) is 11.7. The summed E-state index contributed by atoms with van der Waals surface area (Å²) in [5.41, 5.74) is 5.47. The molecule has 100 valence electrons. The van der Waals surface area contributed by atoms with Gasteiger partial charge in [-0.05, 0) is 48.2 Å². The fourth-order valence-corrected chi connectivity index (χ4v) is 2.69. The minimum atomic E-state index is -0.208. The molecule has 0 atom stereocenters. The predicted octanol–water partition coefficient (Wildman–Crippen LogP) is 4.91. The van der Waals surface area contributed by atoms with Crippen molar-refractivity contribution in [1.82, 2.24) is 4.98 Å². The van der Waals surface area contributed by atoms with Crippen LogP contribution in [-0.2, 0) is 6.42 Å². The highest BCUT2D eigenvalue weighted by Gasteiger charge is 2.12. The standard InChI is InChI=1S/C18H16FN/c1-3-16-12(2)18(13-8-10-14(19)11-9-13)15-6-4-5-7-17(15)20-16/h4-11H,3H2,1-2H3. The van der Waals surface area contributed by atoms with Crippen molar-refractivity contribution in [1.29, 1.82) is 0 Å². The molecule has 2 heteroatoms. The Labute approximate surface area is 118 Å². The molecule has 1 aromatic heterocycles. The Balaban J connectivity index is 2.37. The molecule has 1 heterocycles. The van der Waals surface area contributed by atoms with E-state index < -0.39 is 0 Å². The second-order valence-electron chi connectivity index (χ2n) is 4.94. The molecule has 0 bridgehead atoms. The lowest BCUT2D eigenvalue weighted by Crippen LogP contribution is -1.97. The van der Waals surface area contributed by atoms with Crippen LogP contribution in [0.3, 0.4) is 0 Å². The van der Waals surface area contributed by atoms with Crippen molar-refractivity contribution >= 4 is 10.9 Å². The SMILES string of the molecule is CCc1nc2ccccc2c(-c2ccc(F)cc2)c1C. The van der Waals surface area contributed by atoms with Crippen LogP contribution in [0.5, 0.6) is 0 Å². The lowest BCUT2D eigenvalue weighted by atomic mass is 9.94. The number of nitrogens with zero attached hydrogens (tertiary/aromatic N) is 1. The van der Waals surface area contributed by atoms with E-state index in [0.717, 1.165) is 34.1 Å². The first-order valence-electron chi connectivity index (χ1n) is 6.85. The summed E-state index contributed by atoms with van der Waals surface area (Å²) < 4.78 is 13.1. The number of rotatable bonds is 2. The van der Waals surface area contributed by atoms with Gasteiger partial charge in [-0.15, -0.1) is 0 Å². The minimum Gasteiger partial charge on any atom is -0.253 e. The van der Waals surface area contributed by atoms with Crippen LogP contribution in [0.15, 0.2) is 48.5 Å². The number of benzene rings is 2. The molecule has 0 radical (unpaired) electrons. The number of halogens is 1. The molecule has 2 aromatic carbocycles. The molecule has 0 aliphatic heterocycles. The maximum Gasteiger partial charge on any atom is 0.123 e. The third-order valence-electron chi connectivity index (χ3n) is 3.70. The second-order valence-corrected chi connectivity index (χ2v) is 4.94. The van der Waals surface area contributed by atoms with Gasteiger partial charge in [-0.2, -0.15) is 0 Å². The largest absolute Gasteiger partial charge is 0.253 e.